The zero-order valence-corrected chi connectivity index (χ0v) is 13.4. The topological polar surface area (TPSA) is 104 Å². The number of benzene rings is 1. The fraction of sp³-hybridized carbons (Fsp3) is 0.273. The second-order valence-corrected chi connectivity index (χ2v) is 6.67. The summed E-state index contributed by atoms with van der Waals surface area (Å²) in [5, 5.41) is 8.28. The Morgan fingerprint density at radius 1 is 1.29 bits per heavy atom. The van der Waals surface area contributed by atoms with Gasteiger partial charge in [-0.05, 0) is 12.1 Å². The summed E-state index contributed by atoms with van der Waals surface area (Å²) in [5.41, 5.74) is -0.514. The summed E-state index contributed by atoms with van der Waals surface area (Å²) in [6.45, 7) is -0.476. The molecule has 1 aromatic carbocycles. The fourth-order valence-corrected chi connectivity index (χ4v) is 3.22. The Morgan fingerprint density at radius 3 is 2.33 bits per heavy atom. The van der Waals surface area contributed by atoms with Crippen molar-refractivity contribution in [3.05, 3.63) is 27.7 Å². The van der Waals surface area contributed by atoms with E-state index >= 15 is 0 Å². The Bertz CT molecular complexity index is 688. The van der Waals surface area contributed by atoms with Gasteiger partial charge >= 0.3 is 5.97 Å². The third-order valence-electron chi connectivity index (χ3n) is 2.47. The van der Waals surface area contributed by atoms with Gasteiger partial charge in [-0.2, -0.15) is 0 Å². The maximum absolute atomic E-state index is 12.1. The number of hydrogen-bond donors (Lipinski definition) is 2. The zero-order valence-electron chi connectivity index (χ0n) is 11.1. The van der Waals surface area contributed by atoms with Gasteiger partial charge in [-0.1, -0.05) is 23.2 Å². The molecule has 0 radical (unpaired) electrons. The summed E-state index contributed by atoms with van der Waals surface area (Å²) in [6.07, 6.45) is 0. The number of carbonyl (C=O) groups excluding carboxylic acids is 1. The molecule has 0 aliphatic heterocycles. The van der Waals surface area contributed by atoms with Gasteiger partial charge in [0.05, 0.1) is 22.2 Å². The molecule has 2 N–H and O–H groups in total. The molecule has 0 fully saturated rings. The minimum Gasteiger partial charge on any atom is -0.478 e. The molecule has 0 bridgehead atoms. The largest absolute Gasteiger partial charge is 0.478 e. The number of likely N-dealkylation sites (N-methyl/N-ethyl adjacent to an activating group) is 1. The number of nitrogens with zero attached hydrogens (tertiary/aromatic N) is 1. The zero-order chi connectivity index (χ0) is 16.4. The molecule has 7 nitrogen and oxygen atoms in total. The summed E-state index contributed by atoms with van der Waals surface area (Å²) >= 11 is 11.5. The molecule has 0 aliphatic carbocycles. The van der Waals surface area contributed by atoms with Crippen LogP contribution in [0.5, 0.6) is 0 Å². The van der Waals surface area contributed by atoms with Crippen molar-refractivity contribution in [1.82, 2.24) is 9.62 Å². The first-order valence-electron chi connectivity index (χ1n) is 5.49. The van der Waals surface area contributed by atoms with Crippen molar-refractivity contribution in [1.29, 1.82) is 0 Å². The maximum atomic E-state index is 12.1. The molecule has 0 unspecified atom stereocenters. The van der Waals surface area contributed by atoms with Crippen molar-refractivity contribution in [3.63, 3.8) is 0 Å². The molecule has 0 heterocycles. The number of nitrogens with one attached hydrogen (secondary N) is 1. The van der Waals surface area contributed by atoms with Crippen LogP contribution in [0.25, 0.3) is 0 Å². The van der Waals surface area contributed by atoms with Crippen LogP contribution in [0.2, 0.25) is 10.0 Å². The Kier molecular flexibility index (Phi) is 5.57. The van der Waals surface area contributed by atoms with Gasteiger partial charge in [0, 0.05) is 14.1 Å². The van der Waals surface area contributed by atoms with E-state index in [1.165, 1.54) is 19.0 Å². The molecule has 10 heteroatoms. The van der Waals surface area contributed by atoms with E-state index in [1.807, 2.05) is 4.72 Å². The van der Waals surface area contributed by atoms with E-state index in [-0.39, 0.29) is 5.02 Å². The Hall–Kier alpha value is -1.35. The predicted molar refractivity (Wildman–Crippen MR) is 77.3 cm³/mol. The van der Waals surface area contributed by atoms with Gasteiger partial charge in [0.25, 0.3) is 0 Å². The molecule has 0 saturated carbocycles. The number of sulfonamides is 1. The third-order valence-corrected chi connectivity index (χ3v) is 4.73. The van der Waals surface area contributed by atoms with Gasteiger partial charge in [0.2, 0.25) is 15.9 Å². The van der Waals surface area contributed by atoms with Crippen LogP contribution in [-0.2, 0) is 14.8 Å². The molecular formula is C11H12Cl2N2O5S. The highest BCUT2D eigenvalue weighted by Crippen LogP contribution is 2.30. The van der Waals surface area contributed by atoms with E-state index in [0.29, 0.717) is 0 Å². The highest BCUT2D eigenvalue weighted by atomic mass is 35.5. The first kappa shape index (κ1) is 17.7. The second kappa shape index (κ2) is 6.61. The van der Waals surface area contributed by atoms with Crippen LogP contribution >= 0.6 is 23.2 Å². The third kappa shape index (κ3) is 4.07. The van der Waals surface area contributed by atoms with Crippen molar-refractivity contribution in [2.75, 3.05) is 20.6 Å². The van der Waals surface area contributed by atoms with Gasteiger partial charge in [0.1, 0.15) is 4.90 Å². The van der Waals surface area contributed by atoms with Crippen LogP contribution in [0.15, 0.2) is 17.0 Å². The van der Waals surface area contributed by atoms with Gasteiger partial charge in [0.15, 0.2) is 0 Å². The first-order chi connectivity index (χ1) is 9.58. The van der Waals surface area contributed by atoms with Gasteiger partial charge < -0.3 is 10.0 Å². The lowest BCUT2D eigenvalue weighted by atomic mass is 10.2. The molecule has 21 heavy (non-hydrogen) atoms. The molecule has 0 spiro atoms. The van der Waals surface area contributed by atoms with Crippen LogP contribution in [0.1, 0.15) is 10.4 Å². The number of carbonyl (C=O) groups is 2. The van der Waals surface area contributed by atoms with Crippen LogP contribution in [0.3, 0.4) is 0 Å². The van der Waals surface area contributed by atoms with Crippen molar-refractivity contribution < 1.29 is 23.1 Å². The Balaban J connectivity index is 3.18. The molecule has 0 saturated heterocycles. The van der Waals surface area contributed by atoms with Gasteiger partial charge in [-0.25, -0.2) is 17.9 Å². The fourth-order valence-electron chi connectivity index (χ4n) is 1.33. The van der Waals surface area contributed by atoms with E-state index in [1.54, 1.807) is 0 Å². The molecule has 1 amide bonds. The molecule has 0 aromatic heterocycles. The number of amides is 1. The number of carboxylic acids is 1. The minimum absolute atomic E-state index is 0.184. The van der Waals surface area contributed by atoms with Crippen LogP contribution in [0.4, 0.5) is 0 Å². The van der Waals surface area contributed by atoms with Crippen molar-refractivity contribution in [2.24, 2.45) is 0 Å². The standard InChI is InChI=1S/C11H12Cl2N2O5S/c1-15(2)8(16)5-14-21(19,20)7-4-3-6(12)9(10(7)13)11(17)18/h3-4,14H,5H2,1-2H3,(H,17,18). The average Bonchev–Trinajstić information content (AvgIpc) is 2.35. The SMILES string of the molecule is CN(C)C(=O)CNS(=O)(=O)c1ccc(Cl)c(C(=O)O)c1Cl. The number of hydrogen-bond acceptors (Lipinski definition) is 4. The van der Waals surface area contributed by atoms with Gasteiger partial charge in [-0.15, -0.1) is 0 Å². The molecule has 1 rings (SSSR count). The van der Waals surface area contributed by atoms with Crippen LogP contribution < -0.4 is 4.72 Å². The Morgan fingerprint density at radius 2 is 1.86 bits per heavy atom. The van der Waals surface area contributed by atoms with Crippen LogP contribution in [-0.4, -0.2) is 50.9 Å². The predicted octanol–water partition coefficient (Wildman–Crippen LogP) is 1.06. The Labute approximate surface area is 131 Å². The monoisotopic (exact) mass is 354 g/mol. The number of aromatic carboxylic acids is 1. The van der Waals surface area contributed by atoms with E-state index in [0.717, 1.165) is 12.1 Å². The number of rotatable bonds is 5. The van der Waals surface area contributed by atoms with Crippen molar-refractivity contribution >= 4 is 45.1 Å². The molecule has 1 aromatic rings. The molecule has 0 atom stereocenters. The molecule has 116 valence electrons. The maximum Gasteiger partial charge on any atom is 0.338 e. The average molecular weight is 355 g/mol. The lowest BCUT2D eigenvalue weighted by Gasteiger charge is -2.13. The highest BCUT2D eigenvalue weighted by Gasteiger charge is 2.25. The van der Waals surface area contributed by atoms with E-state index in [2.05, 4.69) is 0 Å². The van der Waals surface area contributed by atoms with E-state index in [4.69, 9.17) is 28.3 Å². The molecule has 0 aliphatic rings. The highest BCUT2D eigenvalue weighted by molar-refractivity contribution is 7.89. The van der Waals surface area contributed by atoms with Crippen molar-refractivity contribution in [2.45, 2.75) is 4.90 Å². The second-order valence-electron chi connectivity index (χ2n) is 4.15. The number of carboxylic acid groups (broad SMARTS) is 1. The van der Waals surface area contributed by atoms with Crippen molar-refractivity contribution in [3.8, 4) is 0 Å². The van der Waals surface area contributed by atoms with E-state index in [9.17, 15) is 18.0 Å². The normalized spacial score (nSPS) is 11.2. The molecular weight excluding hydrogens is 343 g/mol. The lowest BCUT2D eigenvalue weighted by Crippen LogP contribution is -2.36. The summed E-state index contributed by atoms with van der Waals surface area (Å²) in [5.74, 6) is -1.92. The quantitative estimate of drug-likeness (QED) is 0.822. The van der Waals surface area contributed by atoms with Crippen LogP contribution in [0, 0.1) is 0 Å². The summed E-state index contributed by atoms with van der Waals surface area (Å²) < 4.78 is 26.2. The smallest absolute Gasteiger partial charge is 0.338 e. The van der Waals surface area contributed by atoms with Gasteiger partial charge in [-0.3, -0.25) is 4.79 Å². The summed E-state index contributed by atoms with van der Waals surface area (Å²) in [7, 11) is -1.21. The summed E-state index contributed by atoms with van der Waals surface area (Å²) in [6, 6.07) is 2.18. The van der Waals surface area contributed by atoms with E-state index < -0.39 is 43.9 Å². The first-order valence-corrected chi connectivity index (χ1v) is 7.73. The number of halogens is 2. The lowest BCUT2D eigenvalue weighted by molar-refractivity contribution is -0.127. The summed E-state index contributed by atoms with van der Waals surface area (Å²) in [4.78, 5) is 23.2. The minimum atomic E-state index is -4.14.